The van der Waals surface area contributed by atoms with Crippen LogP contribution < -0.4 is 16.4 Å². The SMILES string of the molecule is NC[C@H]1CC[C@@H](C(=O)Nc2ccc(C(=O)NCCN3CCCC3)cc2)O1. The van der Waals surface area contributed by atoms with Crippen molar-refractivity contribution < 1.29 is 14.3 Å². The number of carbonyl (C=O) groups excluding carboxylic acids is 2. The van der Waals surface area contributed by atoms with Crippen LogP contribution in [-0.4, -0.2) is 61.6 Å². The summed E-state index contributed by atoms with van der Waals surface area (Å²) in [7, 11) is 0. The predicted molar refractivity (Wildman–Crippen MR) is 100 cm³/mol. The number of nitrogens with two attached hydrogens (primary N) is 1. The van der Waals surface area contributed by atoms with Gasteiger partial charge in [0.15, 0.2) is 0 Å². The highest BCUT2D eigenvalue weighted by Gasteiger charge is 2.29. The highest BCUT2D eigenvalue weighted by molar-refractivity contribution is 5.96. The lowest BCUT2D eigenvalue weighted by Crippen LogP contribution is -2.33. The van der Waals surface area contributed by atoms with Crippen LogP contribution in [0.1, 0.15) is 36.0 Å². The van der Waals surface area contributed by atoms with E-state index >= 15 is 0 Å². The van der Waals surface area contributed by atoms with Crippen molar-refractivity contribution in [2.24, 2.45) is 5.73 Å². The molecule has 7 heteroatoms. The molecule has 3 rings (SSSR count). The van der Waals surface area contributed by atoms with Crippen LogP contribution in [0.3, 0.4) is 0 Å². The first kappa shape index (κ1) is 18.8. The molecule has 0 bridgehead atoms. The van der Waals surface area contributed by atoms with Crippen molar-refractivity contribution in [3.63, 3.8) is 0 Å². The van der Waals surface area contributed by atoms with Gasteiger partial charge in [-0.2, -0.15) is 0 Å². The highest BCUT2D eigenvalue weighted by atomic mass is 16.5. The standard InChI is InChI=1S/C19H28N4O3/c20-13-16-7-8-17(26-16)19(25)22-15-5-3-14(4-6-15)18(24)21-9-12-23-10-1-2-11-23/h3-6,16-17H,1-2,7-13,20H2,(H,21,24)(H,22,25)/t16-,17+/m1/s1. The maximum absolute atomic E-state index is 12.2. The van der Waals surface area contributed by atoms with Gasteiger partial charge in [0.05, 0.1) is 6.10 Å². The van der Waals surface area contributed by atoms with Gasteiger partial charge in [-0.25, -0.2) is 0 Å². The van der Waals surface area contributed by atoms with E-state index < -0.39 is 6.10 Å². The van der Waals surface area contributed by atoms with Crippen molar-refractivity contribution in [2.75, 3.05) is 38.0 Å². The smallest absolute Gasteiger partial charge is 0.253 e. The van der Waals surface area contributed by atoms with Crippen LogP contribution in [0.25, 0.3) is 0 Å². The molecule has 0 aromatic heterocycles. The van der Waals surface area contributed by atoms with Gasteiger partial charge in [-0.1, -0.05) is 0 Å². The van der Waals surface area contributed by atoms with Crippen molar-refractivity contribution in [3.8, 4) is 0 Å². The molecule has 2 heterocycles. The van der Waals surface area contributed by atoms with Crippen molar-refractivity contribution in [1.29, 1.82) is 0 Å². The minimum Gasteiger partial charge on any atom is -0.364 e. The lowest BCUT2D eigenvalue weighted by atomic mass is 10.1. The molecule has 4 N–H and O–H groups in total. The number of nitrogens with one attached hydrogen (secondary N) is 2. The molecule has 0 saturated carbocycles. The molecular formula is C19H28N4O3. The van der Waals surface area contributed by atoms with Crippen LogP contribution in [0.2, 0.25) is 0 Å². The molecule has 26 heavy (non-hydrogen) atoms. The normalized spacial score (nSPS) is 23.1. The molecule has 2 fully saturated rings. The van der Waals surface area contributed by atoms with Gasteiger partial charge in [-0.3, -0.25) is 9.59 Å². The largest absolute Gasteiger partial charge is 0.364 e. The van der Waals surface area contributed by atoms with Crippen LogP contribution in [0.4, 0.5) is 5.69 Å². The van der Waals surface area contributed by atoms with Crippen LogP contribution in [0, 0.1) is 0 Å². The van der Waals surface area contributed by atoms with E-state index in [-0.39, 0.29) is 17.9 Å². The van der Waals surface area contributed by atoms with Gasteiger partial charge < -0.3 is 26.0 Å². The average molecular weight is 360 g/mol. The van der Waals surface area contributed by atoms with Gasteiger partial charge in [0.1, 0.15) is 6.10 Å². The molecule has 2 aliphatic rings. The quantitative estimate of drug-likeness (QED) is 0.673. The zero-order valence-electron chi connectivity index (χ0n) is 15.1. The number of amides is 2. The molecule has 0 radical (unpaired) electrons. The summed E-state index contributed by atoms with van der Waals surface area (Å²) in [6.45, 7) is 4.23. The van der Waals surface area contributed by atoms with Gasteiger partial charge in [0.25, 0.3) is 11.8 Å². The molecule has 7 nitrogen and oxygen atoms in total. The molecule has 142 valence electrons. The third-order valence-corrected chi connectivity index (χ3v) is 4.99. The van der Waals surface area contributed by atoms with Crippen LogP contribution >= 0.6 is 0 Å². The van der Waals surface area contributed by atoms with Crippen molar-refractivity contribution in [3.05, 3.63) is 29.8 Å². The Kier molecular flexibility index (Phi) is 6.60. The maximum atomic E-state index is 12.2. The Morgan fingerprint density at radius 3 is 2.54 bits per heavy atom. The van der Waals surface area contributed by atoms with E-state index in [1.807, 2.05) is 0 Å². The average Bonchev–Trinajstić information content (AvgIpc) is 3.34. The number of likely N-dealkylation sites (tertiary alicyclic amines) is 1. The Morgan fingerprint density at radius 1 is 1.15 bits per heavy atom. The van der Waals surface area contributed by atoms with Crippen molar-refractivity contribution in [2.45, 2.75) is 37.9 Å². The minimum atomic E-state index is -0.447. The summed E-state index contributed by atoms with van der Waals surface area (Å²) < 4.78 is 5.59. The maximum Gasteiger partial charge on any atom is 0.253 e. The number of ether oxygens (including phenoxy) is 1. The summed E-state index contributed by atoms with van der Waals surface area (Å²) >= 11 is 0. The number of anilines is 1. The van der Waals surface area contributed by atoms with Crippen molar-refractivity contribution >= 4 is 17.5 Å². The summed E-state index contributed by atoms with van der Waals surface area (Å²) in [5.41, 5.74) is 6.81. The Labute approximate surface area is 154 Å². The first-order valence-corrected chi connectivity index (χ1v) is 9.42. The molecule has 1 aromatic carbocycles. The monoisotopic (exact) mass is 360 g/mol. The molecule has 1 aromatic rings. The molecule has 0 spiro atoms. The highest BCUT2D eigenvalue weighted by Crippen LogP contribution is 2.20. The van der Waals surface area contributed by atoms with E-state index in [9.17, 15) is 9.59 Å². The van der Waals surface area contributed by atoms with Gasteiger partial charge in [0.2, 0.25) is 0 Å². The Bertz CT molecular complexity index is 614. The molecular weight excluding hydrogens is 332 g/mol. The summed E-state index contributed by atoms with van der Waals surface area (Å²) in [5, 5.41) is 5.77. The summed E-state index contributed by atoms with van der Waals surface area (Å²) in [6, 6.07) is 6.92. The topological polar surface area (TPSA) is 96.7 Å². The summed E-state index contributed by atoms with van der Waals surface area (Å²) in [4.78, 5) is 26.7. The Balaban J connectivity index is 1.43. The first-order valence-electron chi connectivity index (χ1n) is 9.42. The van der Waals surface area contributed by atoms with Crippen LogP contribution in [0.15, 0.2) is 24.3 Å². The van der Waals surface area contributed by atoms with E-state index in [2.05, 4.69) is 15.5 Å². The number of nitrogens with zero attached hydrogens (tertiary/aromatic N) is 1. The lowest BCUT2D eigenvalue weighted by Gasteiger charge is -2.15. The van der Waals surface area contributed by atoms with E-state index in [4.69, 9.17) is 10.5 Å². The number of benzene rings is 1. The number of hydrogen-bond donors (Lipinski definition) is 3. The molecule has 2 atom stereocenters. The third kappa shape index (κ3) is 5.03. The number of carbonyl (C=O) groups is 2. The molecule has 2 saturated heterocycles. The second kappa shape index (κ2) is 9.12. The molecule has 2 aliphatic heterocycles. The fraction of sp³-hybridized carbons (Fsp3) is 0.579. The van der Waals surface area contributed by atoms with E-state index in [0.29, 0.717) is 30.8 Å². The predicted octanol–water partition coefficient (Wildman–Crippen LogP) is 0.957. The minimum absolute atomic E-state index is 0.0302. The zero-order valence-corrected chi connectivity index (χ0v) is 15.1. The van der Waals surface area contributed by atoms with Crippen molar-refractivity contribution in [1.82, 2.24) is 10.2 Å². The van der Waals surface area contributed by atoms with Gasteiger partial charge in [-0.05, 0) is 63.0 Å². The van der Waals surface area contributed by atoms with Gasteiger partial charge in [-0.15, -0.1) is 0 Å². The number of rotatable bonds is 7. The molecule has 2 amide bonds. The zero-order chi connectivity index (χ0) is 18.4. The van der Waals surface area contributed by atoms with E-state index in [0.717, 1.165) is 26.1 Å². The first-order chi connectivity index (χ1) is 12.7. The van der Waals surface area contributed by atoms with Gasteiger partial charge in [0, 0.05) is 30.9 Å². The van der Waals surface area contributed by atoms with Gasteiger partial charge >= 0.3 is 0 Å². The Morgan fingerprint density at radius 2 is 1.88 bits per heavy atom. The molecule has 0 unspecified atom stereocenters. The summed E-state index contributed by atoms with van der Waals surface area (Å²) in [6.07, 6.45) is 3.52. The lowest BCUT2D eigenvalue weighted by molar-refractivity contribution is -0.126. The van der Waals surface area contributed by atoms with E-state index in [1.165, 1.54) is 12.8 Å². The second-order valence-electron chi connectivity index (χ2n) is 6.93. The summed E-state index contributed by atoms with van der Waals surface area (Å²) in [5.74, 6) is -0.254. The van der Waals surface area contributed by atoms with Crippen LogP contribution in [0.5, 0.6) is 0 Å². The second-order valence-corrected chi connectivity index (χ2v) is 6.93. The Hall–Kier alpha value is -1.96. The van der Waals surface area contributed by atoms with E-state index in [1.54, 1.807) is 24.3 Å². The third-order valence-electron chi connectivity index (χ3n) is 4.99. The fourth-order valence-corrected chi connectivity index (χ4v) is 3.44. The number of hydrogen-bond acceptors (Lipinski definition) is 5. The molecule has 0 aliphatic carbocycles. The fourth-order valence-electron chi connectivity index (χ4n) is 3.44. The van der Waals surface area contributed by atoms with Crippen LogP contribution in [-0.2, 0) is 9.53 Å².